The molecule has 1 atom stereocenters. The largest absolute Gasteiger partial charge is 0.497 e. The summed E-state index contributed by atoms with van der Waals surface area (Å²) >= 11 is 0. The molecular weight excluding hydrogens is 222 g/mol. The van der Waals surface area contributed by atoms with Gasteiger partial charge in [0.1, 0.15) is 17.4 Å². The number of rotatable bonds is 5. The van der Waals surface area contributed by atoms with Crippen molar-refractivity contribution in [3.63, 3.8) is 0 Å². The van der Waals surface area contributed by atoms with Crippen molar-refractivity contribution in [3.8, 4) is 17.6 Å². The number of aliphatic carboxylic acids is 1. The third-order valence-electron chi connectivity index (χ3n) is 2.30. The topological polar surface area (TPSA) is 79.5 Å². The monoisotopic (exact) mass is 235 g/mol. The summed E-state index contributed by atoms with van der Waals surface area (Å²) in [4.78, 5) is 10.8. The van der Waals surface area contributed by atoms with E-state index in [-0.39, 0.29) is 6.42 Å². The van der Waals surface area contributed by atoms with Gasteiger partial charge in [-0.25, -0.2) is 0 Å². The summed E-state index contributed by atoms with van der Waals surface area (Å²) < 4.78 is 10.1. The molecular formula is C12H13NO4. The van der Waals surface area contributed by atoms with Crippen LogP contribution in [0.1, 0.15) is 5.56 Å². The van der Waals surface area contributed by atoms with Crippen LogP contribution in [-0.2, 0) is 11.2 Å². The minimum Gasteiger partial charge on any atom is -0.497 e. The van der Waals surface area contributed by atoms with Crippen LogP contribution in [0.2, 0.25) is 0 Å². The lowest BCUT2D eigenvalue weighted by Gasteiger charge is -2.09. The number of carboxylic acids is 1. The fourth-order valence-corrected chi connectivity index (χ4v) is 1.41. The van der Waals surface area contributed by atoms with E-state index in [1.54, 1.807) is 24.3 Å². The average molecular weight is 235 g/mol. The molecule has 1 aromatic rings. The minimum absolute atomic E-state index is 0.124. The van der Waals surface area contributed by atoms with Crippen LogP contribution in [-0.4, -0.2) is 25.3 Å². The Morgan fingerprint density at radius 1 is 1.35 bits per heavy atom. The van der Waals surface area contributed by atoms with Crippen LogP contribution < -0.4 is 9.47 Å². The summed E-state index contributed by atoms with van der Waals surface area (Å²) in [6.45, 7) is 0. The maximum atomic E-state index is 10.8. The summed E-state index contributed by atoms with van der Waals surface area (Å²) in [5.74, 6) is -1.05. The normalized spacial score (nSPS) is 11.4. The molecule has 0 fully saturated rings. The van der Waals surface area contributed by atoms with Gasteiger partial charge in [-0.15, -0.1) is 0 Å². The van der Waals surface area contributed by atoms with Crippen LogP contribution >= 0.6 is 0 Å². The van der Waals surface area contributed by atoms with Crippen LogP contribution in [0.3, 0.4) is 0 Å². The second kappa shape index (κ2) is 5.75. The van der Waals surface area contributed by atoms with E-state index < -0.39 is 11.9 Å². The number of carbonyl (C=O) groups is 1. The predicted molar refractivity (Wildman–Crippen MR) is 60.0 cm³/mol. The molecule has 0 saturated carbocycles. The van der Waals surface area contributed by atoms with E-state index >= 15 is 0 Å². The molecule has 17 heavy (non-hydrogen) atoms. The first-order chi connectivity index (χ1) is 8.10. The number of methoxy groups -OCH3 is 2. The molecule has 0 heterocycles. The second-order valence-corrected chi connectivity index (χ2v) is 3.44. The molecule has 0 aliphatic carbocycles. The van der Waals surface area contributed by atoms with Gasteiger partial charge in [0.2, 0.25) is 0 Å². The predicted octanol–water partition coefficient (Wildman–Crippen LogP) is 1.47. The van der Waals surface area contributed by atoms with Crippen LogP contribution in [0.15, 0.2) is 18.2 Å². The summed E-state index contributed by atoms with van der Waals surface area (Å²) in [6.07, 6.45) is 0.124. The van der Waals surface area contributed by atoms with Crippen molar-refractivity contribution in [2.75, 3.05) is 14.2 Å². The zero-order chi connectivity index (χ0) is 12.8. The van der Waals surface area contributed by atoms with Crippen molar-refractivity contribution in [1.29, 1.82) is 5.26 Å². The van der Waals surface area contributed by atoms with Gasteiger partial charge < -0.3 is 14.6 Å². The Bertz CT molecular complexity index is 428. The fourth-order valence-electron chi connectivity index (χ4n) is 1.41. The van der Waals surface area contributed by atoms with E-state index in [1.165, 1.54) is 14.2 Å². The lowest BCUT2D eigenvalue weighted by atomic mass is 10.0. The molecule has 5 nitrogen and oxygen atoms in total. The standard InChI is InChI=1S/C12H13NO4/c1-16-10-4-8(5-11(6-10)17-2)3-9(7-13)12(14)15/h4-6,9H,3H2,1-2H3,(H,14,15)/t9-/m1/s1. The van der Waals surface area contributed by atoms with Gasteiger partial charge in [-0.05, 0) is 24.1 Å². The molecule has 5 heteroatoms. The Morgan fingerprint density at radius 2 is 1.88 bits per heavy atom. The van der Waals surface area contributed by atoms with E-state index in [1.807, 2.05) is 0 Å². The van der Waals surface area contributed by atoms with Gasteiger partial charge >= 0.3 is 5.97 Å². The first kappa shape index (κ1) is 12.8. The highest BCUT2D eigenvalue weighted by molar-refractivity contribution is 5.73. The molecule has 90 valence electrons. The molecule has 0 amide bonds. The van der Waals surface area contributed by atoms with Crippen LogP contribution in [0, 0.1) is 17.2 Å². The zero-order valence-electron chi connectivity index (χ0n) is 9.64. The van der Waals surface area contributed by atoms with Crippen molar-refractivity contribution in [2.24, 2.45) is 5.92 Å². The van der Waals surface area contributed by atoms with Gasteiger partial charge in [0, 0.05) is 6.07 Å². The number of ether oxygens (including phenoxy) is 2. The molecule has 0 spiro atoms. The molecule has 0 aliphatic rings. The number of hydrogen-bond donors (Lipinski definition) is 1. The molecule has 0 radical (unpaired) electrons. The Hall–Kier alpha value is -2.22. The van der Waals surface area contributed by atoms with Gasteiger partial charge in [-0.2, -0.15) is 5.26 Å². The lowest BCUT2D eigenvalue weighted by molar-refractivity contribution is -0.139. The average Bonchev–Trinajstić information content (AvgIpc) is 2.34. The third-order valence-corrected chi connectivity index (χ3v) is 2.30. The van der Waals surface area contributed by atoms with Gasteiger partial charge in [0.05, 0.1) is 20.3 Å². The smallest absolute Gasteiger partial charge is 0.321 e. The minimum atomic E-state index is -1.13. The third kappa shape index (κ3) is 3.38. The van der Waals surface area contributed by atoms with E-state index in [4.69, 9.17) is 19.8 Å². The van der Waals surface area contributed by atoms with E-state index in [0.29, 0.717) is 17.1 Å². The van der Waals surface area contributed by atoms with Gasteiger partial charge in [-0.1, -0.05) is 0 Å². The Balaban J connectivity index is 2.97. The van der Waals surface area contributed by atoms with Gasteiger partial charge in [0.25, 0.3) is 0 Å². The van der Waals surface area contributed by atoms with Crippen LogP contribution in [0.5, 0.6) is 11.5 Å². The van der Waals surface area contributed by atoms with Crippen molar-refractivity contribution >= 4 is 5.97 Å². The molecule has 1 aromatic carbocycles. The maximum absolute atomic E-state index is 10.8. The SMILES string of the molecule is COc1cc(C[C@H](C#N)C(=O)O)cc(OC)c1. The first-order valence-electron chi connectivity index (χ1n) is 4.95. The van der Waals surface area contributed by atoms with Gasteiger partial charge in [0.15, 0.2) is 0 Å². The number of nitriles is 1. The molecule has 1 N–H and O–H groups in total. The Kier molecular flexibility index (Phi) is 4.35. The van der Waals surface area contributed by atoms with Crippen LogP contribution in [0.25, 0.3) is 0 Å². The number of hydrogen-bond acceptors (Lipinski definition) is 4. The summed E-state index contributed by atoms with van der Waals surface area (Å²) in [7, 11) is 3.02. The van der Waals surface area contributed by atoms with Crippen molar-refractivity contribution < 1.29 is 19.4 Å². The van der Waals surface area contributed by atoms with Crippen LogP contribution in [0.4, 0.5) is 0 Å². The highest BCUT2D eigenvalue weighted by Gasteiger charge is 2.17. The maximum Gasteiger partial charge on any atom is 0.321 e. The summed E-state index contributed by atoms with van der Waals surface area (Å²) in [6, 6.07) is 6.81. The fraction of sp³-hybridized carbons (Fsp3) is 0.333. The number of carboxylic acid groups (broad SMARTS) is 1. The number of benzene rings is 1. The molecule has 0 saturated heterocycles. The molecule has 1 rings (SSSR count). The molecule has 0 aliphatic heterocycles. The van der Waals surface area contributed by atoms with Crippen molar-refractivity contribution in [1.82, 2.24) is 0 Å². The van der Waals surface area contributed by atoms with Crippen molar-refractivity contribution in [3.05, 3.63) is 23.8 Å². The van der Waals surface area contributed by atoms with Crippen molar-refractivity contribution in [2.45, 2.75) is 6.42 Å². The van der Waals surface area contributed by atoms with Gasteiger partial charge in [-0.3, -0.25) is 4.79 Å². The Labute approximate surface area is 99.2 Å². The van der Waals surface area contributed by atoms with E-state index in [0.717, 1.165) is 0 Å². The molecule has 0 aromatic heterocycles. The number of nitrogens with zero attached hydrogens (tertiary/aromatic N) is 1. The molecule has 0 unspecified atom stereocenters. The highest BCUT2D eigenvalue weighted by Crippen LogP contribution is 2.24. The zero-order valence-corrected chi connectivity index (χ0v) is 9.64. The summed E-state index contributed by atoms with van der Waals surface area (Å²) in [5, 5.41) is 17.5. The Morgan fingerprint density at radius 3 is 2.24 bits per heavy atom. The first-order valence-corrected chi connectivity index (χ1v) is 4.95. The quantitative estimate of drug-likeness (QED) is 0.835. The highest BCUT2D eigenvalue weighted by atomic mass is 16.5. The molecule has 0 bridgehead atoms. The van der Waals surface area contributed by atoms with E-state index in [9.17, 15) is 4.79 Å². The second-order valence-electron chi connectivity index (χ2n) is 3.44. The summed E-state index contributed by atoms with van der Waals surface area (Å²) in [5.41, 5.74) is 0.690. The lowest BCUT2D eigenvalue weighted by Crippen LogP contribution is -2.14. The van der Waals surface area contributed by atoms with E-state index in [2.05, 4.69) is 0 Å².